The molecular weight excluding hydrogens is 566 g/mol. The topological polar surface area (TPSA) is 86.8 Å². The Bertz CT molecular complexity index is 1170. The quantitative estimate of drug-likeness (QED) is 0.365. The molecule has 0 spiro atoms. The predicted octanol–water partition coefficient (Wildman–Crippen LogP) is 5.15. The number of nitrogens with one attached hydrogen (secondary N) is 1. The molecule has 1 atom stereocenters. The molecule has 7 nitrogen and oxygen atoms in total. The molecule has 0 saturated carbocycles. The first kappa shape index (κ1) is 30.1. The average molecular weight is 601 g/mol. The van der Waals surface area contributed by atoms with Crippen LogP contribution in [0.5, 0.6) is 0 Å². The van der Waals surface area contributed by atoms with E-state index >= 15 is 0 Å². The standard InChI is InChI=1S/C26H35BrClN3O4S/c1-18(2)16-29-26(33)20(4)30(17-21-8-6-9-22(27)14-21)25(32)10-7-13-31(36(5,34)35)24-15-23(28)12-11-19(24)3/h6,8-9,11-12,14-15,18,20H,7,10,13,16-17H2,1-5H3,(H,29,33)/t20-/m0/s1. The molecule has 0 aliphatic rings. The van der Waals surface area contributed by atoms with E-state index in [1.54, 1.807) is 30.0 Å². The third-order valence-corrected chi connectivity index (χ3v) is 7.59. The minimum atomic E-state index is -3.59. The fraction of sp³-hybridized carbons (Fsp3) is 0.462. The number of anilines is 1. The molecule has 0 unspecified atom stereocenters. The number of nitrogens with zero attached hydrogens (tertiary/aromatic N) is 2. The molecule has 0 saturated heterocycles. The SMILES string of the molecule is Cc1ccc(Cl)cc1N(CCCC(=O)N(Cc1cccc(Br)c1)[C@@H](C)C(=O)NCC(C)C)S(C)(=O)=O. The van der Waals surface area contributed by atoms with Crippen molar-refractivity contribution in [3.8, 4) is 0 Å². The minimum Gasteiger partial charge on any atom is -0.354 e. The van der Waals surface area contributed by atoms with Crippen molar-refractivity contribution < 1.29 is 18.0 Å². The largest absolute Gasteiger partial charge is 0.354 e. The maximum absolute atomic E-state index is 13.4. The second kappa shape index (κ2) is 13.4. The summed E-state index contributed by atoms with van der Waals surface area (Å²) >= 11 is 9.56. The van der Waals surface area contributed by atoms with Crippen LogP contribution in [-0.2, 0) is 26.2 Å². The second-order valence-corrected chi connectivity index (χ2v) is 12.6. The number of carbonyl (C=O) groups is 2. The van der Waals surface area contributed by atoms with Gasteiger partial charge in [-0.25, -0.2) is 8.42 Å². The monoisotopic (exact) mass is 599 g/mol. The fourth-order valence-corrected chi connectivity index (χ4v) is 5.33. The number of rotatable bonds is 12. The molecule has 0 aromatic heterocycles. The molecule has 2 rings (SSSR count). The van der Waals surface area contributed by atoms with E-state index in [2.05, 4.69) is 21.2 Å². The third kappa shape index (κ3) is 9.09. The Morgan fingerprint density at radius 3 is 2.42 bits per heavy atom. The number of hydrogen-bond donors (Lipinski definition) is 1. The summed E-state index contributed by atoms with van der Waals surface area (Å²) in [5.41, 5.74) is 2.14. The van der Waals surface area contributed by atoms with Crippen LogP contribution < -0.4 is 9.62 Å². The van der Waals surface area contributed by atoms with Crippen LogP contribution in [-0.4, -0.2) is 50.5 Å². The normalized spacial score (nSPS) is 12.3. The van der Waals surface area contributed by atoms with Crippen molar-refractivity contribution >= 4 is 55.1 Å². The average Bonchev–Trinajstić information content (AvgIpc) is 2.79. The first-order valence-electron chi connectivity index (χ1n) is 11.8. The maximum atomic E-state index is 13.4. The van der Waals surface area contributed by atoms with Crippen molar-refractivity contribution in [2.45, 2.75) is 53.1 Å². The van der Waals surface area contributed by atoms with Gasteiger partial charge in [0.2, 0.25) is 21.8 Å². The van der Waals surface area contributed by atoms with Crippen molar-refractivity contribution in [3.05, 3.63) is 63.1 Å². The summed E-state index contributed by atoms with van der Waals surface area (Å²) < 4.78 is 27.2. The molecule has 10 heteroatoms. The number of sulfonamides is 1. The summed E-state index contributed by atoms with van der Waals surface area (Å²) in [6.45, 7) is 8.43. The summed E-state index contributed by atoms with van der Waals surface area (Å²) in [4.78, 5) is 27.7. The second-order valence-electron chi connectivity index (χ2n) is 9.34. The van der Waals surface area contributed by atoms with Crippen LogP contribution >= 0.6 is 27.5 Å². The van der Waals surface area contributed by atoms with Crippen LogP contribution in [0, 0.1) is 12.8 Å². The van der Waals surface area contributed by atoms with Crippen LogP contribution in [0.25, 0.3) is 0 Å². The molecule has 2 aromatic carbocycles. The number of aryl methyl sites for hydroxylation is 1. The lowest BCUT2D eigenvalue weighted by atomic mass is 10.1. The Labute approximate surface area is 228 Å². The van der Waals surface area contributed by atoms with Gasteiger partial charge in [0.15, 0.2) is 0 Å². The van der Waals surface area contributed by atoms with Gasteiger partial charge in [0.25, 0.3) is 0 Å². The van der Waals surface area contributed by atoms with E-state index in [0.717, 1.165) is 21.9 Å². The summed E-state index contributed by atoms with van der Waals surface area (Å²) in [6, 6.07) is 12.0. The number of amides is 2. The van der Waals surface area contributed by atoms with Crippen molar-refractivity contribution in [1.82, 2.24) is 10.2 Å². The Hall–Kier alpha value is -2.10. The molecule has 198 valence electrons. The van der Waals surface area contributed by atoms with Gasteiger partial charge in [-0.15, -0.1) is 0 Å². The molecular formula is C26H35BrClN3O4S. The molecule has 0 aliphatic heterocycles. The lowest BCUT2D eigenvalue weighted by Gasteiger charge is -2.30. The van der Waals surface area contributed by atoms with Gasteiger partial charge in [-0.1, -0.05) is 59.6 Å². The van der Waals surface area contributed by atoms with Crippen LogP contribution in [0.4, 0.5) is 5.69 Å². The lowest BCUT2D eigenvalue weighted by Crippen LogP contribution is -2.48. The smallest absolute Gasteiger partial charge is 0.242 e. The van der Waals surface area contributed by atoms with Crippen molar-refractivity contribution in [1.29, 1.82) is 0 Å². The number of hydrogen-bond acceptors (Lipinski definition) is 4. The van der Waals surface area contributed by atoms with Crippen molar-refractivity contribution in [2.24, 2.45) is 5.92 Å². The molecule has 1 N–H and O–H groups in total. The first-order valence-corrected chi connectivity index (χ1v) is 14.9. The van der Waals surface area contributed by atoms with Crippen LogP contribution in [0.15, 0.2) is 46.9 Å². The van der Waals surface area contributed by atoms with E-state index in [-0.39, 0.29) is 43.7 Å². The van der Waals surface area contributed by atoms with Gasteiger partial charge >= 0.3 is 0 Å². The maximum Gasteiger partial charge on any atom is 0.242 e. The van der Waals surface area contributed by atoms with Gasteiger partial charge in [0.05, 0.1) is 11.9 Å². The fourth-order valence-electron chi connectivity index (χ4n) is 3.70. The van der Waals surface area contributed by atoms with Gasteiger partial charge in [-0.05, 0) is 61.6 Å². The van der Waals surface area contributed by atoms with E-state index in [1.807, 2.05) is 45.0 Å². The zero-order valence-corrected chi connectivity index (χ0v) is 24.6. The highest BCUT2D eigenvalue weighted by Crippen LogP contribution is 2.27. The van der Waals surface area contributed by atoms with Crippen molar-refractivity contribution in [3.63, 3.8) is 0 Å². The minimum absolute atomic E-state index is 0.0848. The highest BCUT2D eigenvalue weighted by atomic mass is 79.9. The lowest BCUT2D eigenvalue weighted by molar-refractivity contribution is -0.140. The van der Waals surface area contributed by atoms with Gasteiger partial charge in [0.1, 0.15) is 6.04 Å². The van der Waals surface area contributed by atoms with Gasteiger partial charge in [-0.3, -0.25) is 13.9 Å². The molecule has 2 aromatic rings. The third-order valence-electron chi connectivity index (χ3n) is 5.69. The number of benzene rings is 2. The highest BCUT2D eigenvalue weighted by Gasteiger charge is 2.27. The summed E-state index contributed by atoms with van der Waals surface area (Å²) in [5, 5.41) is 3.33. The molecule has 0 aliphatic carbocycles. The van der Waals surface area contributed by atoms with Gasteiger partial charge in [-0.2, -0.15) is 0 Å². The highest BCUT2D eigenvalue weighted by molar-refractivity contribution is 9.10. The van der Waals surface area contributed by atoms with E-state index in [1.165, 1.54) is 4.31 Å². The van der Waals surface area contributed by atoms with E-state index in [0.29, 0.717) is 17.3 Å². The first-order chi connectivity index (χ1) is 16.8. The molecule has 0 fully saturated rings. The van der Waals surface area contributed by atoms with E-state index in [9.17, 15) is 18.0 Å². The summed E-state index contributed by atoms with van der Waals surface area (Å²) in [5.74, 6) is -0.162. The molecule has 0 bridgehead atoms. The summed E-state index contributed by atoms with van der Waals surface area (Å²) in [6.07, 6.45) is 1.50. The Morgan fingerprint density at radius 1 is 1.11 bits per heavy atom. The number of carbonyl (C=O) groups excluding carboxylic acids is 2. The van der Waals surface area contributed by atoms with E-state index in [4.69, 9.17) is 11.6 Å². The predicted molar refractivity (Wildman–Crippen MR) is 150 cm³/mol. The van der Waals surface area contributed by atoms with E-state index < -0.39 is 16.1 Å². The number of halogens is 2. The molecule has 0 heterocycles. The molecule has 36 heavy (non-hydrogen) atoms. The van der Waals surface area contributed by atoms with Crippen LogP contribution in [0.3, 0.4) is 0 Å². The van der Waals surface area contributed by atoms with Crippen LogP contribution in [0.1, 0.15) is 44.7 Å². The zero-order valence-electron chi connectivity index (χ0n) is 21.4. The van der Waals surface area contributed by atoms with Gasteiger partial charge < -0.3 is 10.2 Å². The molecule has 2 amide bonds. The van der Waals surface area contributed by atoms with Crippen molar-refractivity contribution in [2.75, 3.05) is 23.7 Å². The molecule has 0 radical (unpaired) electrons. The summed E-state index contributed by atoms with van der Waals surface area (Å²) in [7, 11) is -3.59. The Balaban J connectivity index is 2.19. The van der Waals surface area contributed by atoms with Crippen LogP contribution in [0.2, 0.25) is 5.02 Å². The Kier molecular flexibility index (Phi) is 11.3. The Morgan fingerprint density at radius 2 is 1.81 bits per heavy atom. The van der Waals surface area contributed by atoms with Gasteiger partial charge in [0, 0.05) is 35.6 Å². The zero-order chi connectivity index (χ0) is 27.0.